The standard InChI is InChI=1S/C4H6O12/c5-1(6)3(9,14-10)13-4(15-11,16-12)2(7)8/h9-12H,(H,5,6)(H,7,8). The second-order valence-electron chi connectivity index (χ2n) is 2.12. The Morgan fingerprint density at radius 3 is 1.50 bits per heavy atom. The molecule has 94 valence electrons. The molecule has 0 saturated carbocycles. The minimum Gasteiger partial charge on any atom is -0.475 e. The molecule has 1 atom stereocenters. The zero-order valence-electron chi connectivity index (χ0n) is 7.13. The van der Waals surface area contributed by atoms with Crippen molar-refractivity contribution >= 4 is 11.9 Å². The van der Waals surface area contributed by atoms with Crippen LogP contribution < -0.4 is 0 Å². The number of aliphatic carboxylic acids is 2. The fraction of sp³-hybridized carbons (Fsp3) is 0.500. The Morgan fingerprint density at radius 2 is 1.31 bits per heavy atom. The summed E-state index contributed by atoms with van der Waals surface area (Å²) in [5.74, 6) is -12.6. The predicted molar refractivity (Wildman–Crippen MR) is 35.2 cm³/mol. The van der Waals surface area contributed by atoms with Gasteiger partial charge in [0.2, 0.25) is 0 Å². The van der Waals surface area contributed by atoms with E-state index in [-0.39, 0.29) is 0 Å². The minimum atomic E-state index is -3.97. The van der Waals surface area contributed by atoms with Crippen LogP contribution in [0.1, 0.15) is 0 Å². The fourth-order valence-corrected chi connectivity index (χ4v) is 0.459. The molecule has 0 aromatic heterocycles. The molecule has 0 aliphatic rings. The third-order valence-electron chi connectivity index (χ3n) is 1.17. The molecule has 0 bridgehead atoms. The van der Waals surface area contributed by atoms with E-state index >= 15 is 0 Å². The second kappa shape index (κ2) is 5.10. The average Bonchev–Trinajstić information content (AvgIpc) is 2.25. The molecule has 0 rings (SSSR count). The zero-order chi connectivity index (χ0) is 13.0. The van der Waals surface area contributed by atoms with E-state index in [2.05, 4.69) is 19.4 Å². The minimum absolute atomic E-state index is 2.41. The molecule has 0 amide bonds. The molecule has 0 aromatic rings. The summed E-state index contributed by atoms with van der Waals surface area (Å²) >= 11 is 0. The summed E-state index contributed by atoms with van der Waals surface area (Å²) in [6.45, 7) is 0. The largest absolute Gasteiger partial charge is 0.475 e. The van der Waals surface area contributed by atoms with Gasteiger partial charge in [0.05, 0.1) is 0 Å². The fourth-order valence-electron chi connectivity index (χ4n) is 0.459. The first kappa shape index (κ1) is 14.6. The molecule has 0 saturated heterocycles. The Bertz CT molecular complexity index is 268. The summed E-state index contributed by atoms with van der Waals surface area (Å²) < 4.78 is 3.54. The van der Waals surface area contributed by atoms with Crippen molar-refractivity contribution in [3.8, 4) is 0 Å². The van der Waals surface area contributed by atoms with Gasteiger partial charge < -0.3 is 15.3 Å². The Balaban J connectivity index is 5.15. The molecule has 0 spiro atoms. The van der Waals surface area contributed by atoms with Crippen molar-refractivity contribution in [3.05, 3.63) is 0 Å². The Hall–Kier alpha value is -1.38. The molecule has 0 aliphatic heterocycles. The molecular formula is C4H6O12. The normalized spacial score (nSPS) is 15.5. The van der Waals surface area contributed by atoms with E-state index in [9.17, 15) is 9.59 Å². The topological polar surface area (TPSA) is 192 Å². The molecular weight excluding hydrogens is 240 g/mol. The summed E-state index contributed by atoms with van der Waals surface area (Å²) in [5, 5.41) is 49.5. The maximum atomic E-state index is 10.4. The lowest BCUT2D eigenvalue weighted by atomic mass is 10.5. The summed E-state index contributed by atoms with van der Waals surface area (Å²) in [6, 6.07) is 0. The van der Waals surface area contributed by atoms with Crippen LogP contribution >= 0.6 is 0 Å². The highest BCUT2D eigenvalue weighted by Crippen LogP contribution is 2.22. The number of ether oxygens (including phenoxy) is 1. The van der Waals surface area contributed by atoms with E-state index in [0.717, 1.165) is 0 Å². The lowest BCUT2D eigenvalue weighted by molar-refractivity contribution is -0.599. The first-order valence-corrected chi connectivity index (χ1v) is 3.15. The van der Waals surface area contributed by atoms with Crippen LogP contribution in [0, 0.1) is 0 Å². The van der Waals surface area contributed by atoms with Gasteiger partial charge in [0.1, 0.15) is 0 Å². The maximum absolute atomic E-state index is 10.4. The summed E-state index contributed by atoms with van der Waals surface area (Å²) in [6.07, 6.45) is 0. The predicted octanol–water partition coefficient (Wildman–Crippen LogP) is -2.06. The van der Waals surface area contributed by atoms with E-state index < -0.39 is 23.9 Å². The number of carboxylic acid groups (broad SMARTS) is 2. The van der Waals surface area contributed by atoms with Gasteiger partial charge in [-0.2, -0.15) is 14.7 Å². The van der Waals surface area contributed by atoms with Crippen LogP contribution in [-0.2, 0) is 29.0 Å². The highest BCUT2D eigenvalue weighted by atomic mass is 17.3. The smallest absolute Gasteiger partial charge is 0.443 e. The summed E-state index contributed by atoms with van der Waals surface area (Å²) in [7, 11) is 0. The maximum Gasteiger partial charge on any atom is 0.443 e. The number of hydrogen-bond acceptors (Lipinski definition) is 10. The third-order valence-corrected chi connectivity index (χ3v) is 1.17. The molecule has 0 fully saturated rings. The highest BCUT2D eigenvalue weighted by Gasteiger charge is 2.57. The molecule has 0 aliphatic carbocycles. The van der Waals surface area contributed by atoms with Gasteiger partial charge in [-0.25, -0.2) is 30.1 Å². The second-order valence-corrected chi connectivity index (χ2v) is 2.12. The molecule has 0 radical (unpaired) electrons. The molecule has 12 nitrogen and oxygen atoms in total. The summed E-state index contributed by atoms with van der Waals surface area (Å²) in [4.78, 5) is 29.5. The Kier molecular flexibility index (Phi) is 4.66. The first-order valence-electron chi connectivity index (χ1n) is 3.15. The van der Waals surface area contributed by atoms with Gasteiger partial charge in [0.15, 0.2) is 0 Å². The van der Waals surface area contributed by atoms with Crippen LogP contribution in [0.5, 0.6) is 0 Å². The number of hydrogen-bond donors (Lipinski definition) is 6. The molecule has 1 unspecified atom stereocenters. The SMILES string of the molecule is O=C(O)C(O)(OO)OC(OO)(OO)C(=O)O. The monoisotopic (exact) mass is 246 g/mol. The summed E-state index contributed by atoms with van der Waals surface area (Å²) in [5.41, 5.74) is 0. The Morgan fingerprint density at radius 1 is 0.875 bits per heavy atom. The van der Waals surface area contributed by atoms with Gasteiger partial charge >= 0.3 is 23.9 Å². The van der Waals surface area contributed by atoms with Crippen LogP contribution in [0.2, 0.25) is 0 Å². The third kappa shape index (κ3) is 2.60. The van der Waals surface area contributed by atoms with Crippen molar-refractivity contribution in [2.75, 3.05) is 0 Å². The number of carbonyl (C=O) groups is 2. The molecule has 12 heteroatoms. The quantitative estimate of drug-likeness (QED) is 0.163. The van der Waals surface area contributed by atoms with Crippen molar-refractivity contribution < 1.29 is 60.1 Å². The first-order chi connectivity index (χ1) is 7.28. The van der Waals surface area contributed by atoms with Gasteiger partial charge in [-0.3, -0.25) is 0 Å². The van der Waals surface area contributed by atoms with Crippen LogP contribution in [0.3, 0.4) is 0 Å². The number of aliphatic hydroxyl groups is 1. The van der Waals surface area contributed by atoms with Gasteiger partial charge in [0, 0.05) is 0 Å². The highest BCUT2D eigenvalue weighted by molar-refractivity contribution is 5.76. The van der Waals surface area contributed by atoms with Crippen molar-refractivity contribution in [1.82, 2.24) is 0 Å². The van der Waals surface area contributed by atoms with E-state index in [1.54, 1.807) is 0 Å². The van der Waals surface area contributed by atoms with Gasteiger partial charge in [-0.05, 0) is 0 Å². The van der Waals surface area contributed by atoms with Crippen LogP contribution in [0.25, 0.3) is 0 Å². The number of rotatable bonds is 7. The van der Waals surface area contributed by atoms with E-state index in [4.69, 9.17) is 31.1 Å². The molecule has 16 heavy (non-hydrogen) atoms. The molecule has 0 heterocycles. The van der Waals surface area contributed by atoms with Crippen molar-refractivity contribution in [2.45, 2.75) is 11.9 Å². The van der Waals surface area contributed by atoms with E-state index in [0.29, 0.717) is 0 Å². The molecule has 6 N–H and O–H groups in total. The van der Waals surface area contributed by atoms with Crippen molar-refractivity contribution in [2.24, 2.45) is 0 Å². The van der Waals surface area contributed by atoms with Gasteiger partial charge in [-0.1, -0.05) is 0 Å². The van der Waals surface area contributed by atoms with Crippen LogP contribution in [0.4, 0.5) is 0 Å². The number of carboxylic acids is 2. The lowest BCUT2D eigenvalue weighted by Crippen LogP contribution is -2.56. The van der Waals surface area contributed by atoms with Crippen molar-refractivity contribution in [3.63, 3.8) is 0 Å². The van der Waals surface area contributed by atoms with E-state index in [1.165, 1.54) is 0 Å². The van der Waals surface area contributed by atoms with Crippen molar-refractivity contribution in [1.29, 1.82) is 0 Å². The average molecular weight is 246 g/mol. The van der Waals surface area contributed by atoms with Gasteiger partial charge in [-0.15, -0.1) is 0 Å². The lowest BCUT2D eigenvalue weighted by Gasteiger charge is -2.27. The van der Waals surface area contributed by atoms with Crippen LogP contribution in [-0.4, -0.2) is 55.0 Å². The van der Waals surface area contributed by atoms with Crippen LogP contribution in [0.15, 0.2) is 0 Å². The van der Waals surface area contributed by atoms with E-state index in [1.807, 2.05) is 0 Å². The Labute approximate surface area is 85.2 Å². The molecule has 0 aromatic carbocycles. The zero-order valence-corrected chi connectivity index (χ0v) is 7.13. The van der Waals surface area contributed by atoms with Gasteiger partial charge in [0.25, 0.3) is 0 Å².